The Bertz CT molecular complexity index is 1250. The van der Waals surface area contributed by atoms with Crippen molar-refractivity contribution in [3.63, 3.8) is 0 Å². The second-order valence-corrected chi connectivity index (χ2v) is 10.6. The molecular weight excluding hydrogens is 496 g/mol. The molecule has 0 aliphatic carbocycles. The lowest BCUT2D eigenvalue weighted by molar-refractivity contribution is 0.0602. The number of ether oxygens (including phenoxy) is 3. The summed E-state index contributed by atoms with van der Waals surface area (Å²) >= 11 is 5.87. The number of nitrogens with zero attached hydrogens (tertiary/aromatic N) is 5. The summed E-state index contributed by atoms with van der Waals surface area (Å²) in [6, 6.07) is 7.20. The highest BCUT2D eigenvalue weighted by Gasteiger charge is 2.35. The Morgan fingerprint density at radius 1 is 1.23 bits per heavy atom. The summed E-state index contributed by atoms with van der Waals surface area (Å²) in [5.41, 5.74) is 0.741. The van der Waals surface area contributed by atoms with E-state index < -0.39 is 21.4 Å². The number of benzene rings is 1. The Labute approximate surface area is 208 Å². The summed E-state index contributed by atoms with van der Waals surface area (Å²) in [7, 11) is -1.02. The van der Waals surface area contributed by atoms with Crippen LogP contribution in [0.4, 0.5) is 5.95 Å². The number of methoxy groups -OCH3 is 2. The van der Waals surface area contributed by atoms with E-state index in [4.69, 9.17) is 25.8 Å². The van der Waals surface area contributed by atoms with Gasteiger partial charge in [-0.15, -0.1) is 10.2 Å². The monoisotopic (exact) mass is 522 g/mol. The van der Waals surface area contributed by atoms with E-state index in [9.17, 15) is 8.42 Å². The fourth-order valence-corrected chi connectivity index (χ4v) is 5.19. The average molecular weight is 523 g/mol. The van der Waals surface area contributed by atoms with Gasteiger partial charge in [-0.1, -0.05) is 23.7 Å². The van der Waals surface area contributed by atoms with Gasteiger partial charge in [0.1, 0.15) is 17.1 Å². The van der Waals surface area contributed by atoms with Crippen molar-refractivity contribution in [2.75, 3.05) is 32.2 Å². The molecule has 4 rings (SSSR count). The molecule has 1 aromatic carbocycles. The molecule has 3 heterocycles. The third-order valence-corrected chi connectivity index (χ3v) is 7.71. The zero-order valence-corrected chi connectivity index (χ0v) is 21.2. The number of nitrogens with one attached hydrogen (secondary N) is 1. The molecule has 0 bridgehead atoms. The van der Waals surface area contributed by atoms with E-state index in [1.54, 1.807) is 11.7 Å². The Morgan fingerprint density at radius 2 is 2.00 bits per heavy atom. The lowest BCUT2D eigenvalue weighted by atomic mass is 10.1. The van der Waals surface area contributed by atoms with Crippen molar-refractivity contribution < 1.29 is 22.6 Å². The van der Waals surface area contributed by atoms with Gasteiger partial charge >= 0.3 is 0 Å². The largest absolute Gasteiger partial charge is 0.497 e. The van der Waals surface area contributed by atoms with E-state index in [-0.39, 0.29) is 17.8 Å². The maximum Gasteiger partial charge on any atom is 0.240 e. The molecule has 11 nitrogen and oxygen atoms in total. The lowest BCUT2D eigenvalue weighted by Gasteiger charge is -2.27. The van der Waals surface area contributed by atoms with Crippen molar-refractivity contribution in [2.24, 2.45) is 0 Å². The highest BCUT2D eigenvalue weighted by atomic mass is 35.5. The number of aromatic nitrogens is 5. The third-order valence-electron chi connectivity index (χ3n) is 5.82. The number of sulfonamides is 1. The lowest BCUT2D eigenvalue weighted by Crippen LogP contribution is -2.34. The molecule has 3 atom stereocenters. The first-order valence-corrected chi connectivity index (χ1v) is 13.0. The standard InChI is InChI=1S/C22H27ClN6O5S/c1-14(19(33-3)20-24-11-16(23)12-25-20)35(30,31)28-22-27-26-21(15-6-4-8-18(10-15)32-2)29(22)17-7-5-9-34-13-17/h4,6,8,10-12,14,17,19H,5,7,9,13H2,1-3H3,(H,27,28)/t14?,17-,19?/m0/s1. The first-order chi connectivity index (χ1) is 16.8. The Morgan fingerprint density at radius 3 is 2.66 bits per heavy atom. The Hall–Kier alpha value is -2.80. The number of anilines is 1. The fraction of sp³-hybridized carbons (Fsp3) is 0.455. The van der Waals surface area contributed by atoms with Gasteiger partial charge in [0.15, 0.2) is 11.6 Å². The minimum atomic E-state index is -4.00. The molecular formula is C22H27ClN6O5S. The van der Waals surface area contributed by atoms with Crippen LogP contribution < -0.4 is 9.46 Å². The number of hydrogen-bond donors (Lipinski definition) is 1. The number of rotatable bonds is 9. The maximum absolute atomic E-state index is 13.4. The summed E-state index contributed by atoms with van der Waals surface area (Å²) in [4.78, 5) is 8.24. The van der Waals surface area contributed by atoms with E-state index in [2.05, 4.69) is 24.9 Å². The molecule has 3 aromatic rings. The van der Waals surface area contributed by atoms with Crippen molar-refractivity contribution >= 4 is 27.6 Å². The summed E-state index contributed by atoms with van der Waals surface area (Å²) < 4.78 is 47.7. The highest BCUT2D eigenvalue weighted by molar-refractivity contribution is 7.93. The highest BCUT2D eigenvalue weighted by Crippen LogP contribution is 2.32. The summed E-state index contributed by atoms with van der Waals surface area (Å²) in [5, 5.41) is 7.80. The van der Waals surface area contributed by atoms with Crippen molar-refractivity contribution in [2.45, 2.75) is 37.2 Å². The minimum Gasteiger partial charge on any atom is -0.497 e. The van der Waals surface area contributed by atoms with Gasteiger partial charge in [-0.25, -0.2) is 18.4 Å². The normalized spacial score (nSPS) is 18.1. The Kier molecular flexibility index (Phi) is 7.85. The van der Waals surface area contributed by atoms with Crippen LogP contribution in [0.1, 0.15) is 37.7 Å². The SMILES string of the molecule is COc1cccc(-c2nnc(NS(=O)(=O)C(C)C(OC)c3ncc(Cl)cn3)n2[C@H]2CCCOC2)c1. The molecule has 2 unspecified atom stereocenters. The maximum atomic E-state index is 13.4. The summed E-state index contributed by atoms with van der Waals surface area (Å²) in [5.74, 6) is 1.46. The van der Waals surface area contributed by atoms with Crippen molar-refractivity contribution in [3.05, 3.63) is 47.5 Å². The third kappa shape index (κ3) is 5.56. The first-order valence-electron chi connectivity index (χ1n) is 11.0. The van der Waals surface area contributed by atoms with E-state index in [1.165, 1.54) is 26.4 Å². The summed E-state index contributed by atoms with van der Waals surface area (Å²) in [6.45, 7) is 2.59. The van der Waals surface area contributed by atoms with E-state index in [0.717, 1.165) is 18.4 Å². The molecule has 1 saturated heterocycles. The van der Waals surface area contributed by atoms with Gasteiger partial charge in [-0.2, -0.15) is 0 Å². The van der Waals surface area contributed by atoms with Crippen LogP contribution in [0.25, 0.3) is 11.4 Å². The molecule has 13 heteroatoms. The topological polar surface area (TPSA) is 130 Å². The number of halogens is 1. The first kappa shape index (κ1) is 25.3. The molecule has 35 heavy (non-hydrogen) atoms. The molecule has 0 saturated carbocycles. The van der Waals surface area contributed by atoms with Crippen LogP contribution in [0, 0.1) is 0 Å². The van der Waals surface area contributed by atoms with Crippen LogP contribution in [-0.2, 0) is 19.5 Å². The molecule has 1 aliphatic heterocycles. The molecule has 0 radical (unpaired) electrons. The van der Waals surface area contributed by atoms with Gasteiger partial charge in [-0.3, -0.25) is 9.29 Å². The van der Waals surface area contributed by atoms with Gasteiger partial charge in [0.25, 0.3) is 0 Å². The van der Waals surface area contributed by atoms with Crippen molar-refractivity contribution in [1.29, 1.82) is 0 Å². The Balaban J connectivity index is 1.69. The summed E-state index contributed by atoms with van der Waals surface area (Å²) in [6.07, 6.45) is 3.48. The van der Waals surface area contributed by atoms with Gasteiger partial charge in [0.2, 0.25) is 16.0 Å². The van der Waals surface area contributed by atoms with Crippen LogP contribution in [0.3, 0.4) is 0 Å². The zero-order chi connectivity index (χ0) is 25.0. The number of hydrogen-bond acceptors (Lipinski definition) is 9. The van der Waals surface area contributed by atoms with Crippen LogP contribution in [-0.4, -0.2) is 65.8 Å². The van der Waals surface area contributed by atoms with Gasteiger partial charge in [-0.05, 0) is 31.9 Å². The van der Waals surface area contributed by atoms with E-state index in [1.807, 2.05) is 24.3 Å². The molecule has 2 aromatic heterocycles. The molecule has 0 amide bonds. The molecule has 1 fully saturated rings. The van der Waals surface area contributed by atoms with E-state index >= 15 is 0 Å². The van der Waals surface area contributed by atoms with Crippen LogP contribution >= 0.6 is 11.6 Å². The zero-order valence-electron chi connectivity index (χ0n) is 19.6. The predicted molar refractivity (Wildman–Crippen MR) is 130 cm³/mol. The second kappa shape index (κ2) is 10.9. The van der Waals surface area contributed by atoms with E-state index in [0.29, 0.717) is 29.8 Å². The van der Waals surface area contributed by atoms with Crippen LogP contribution in [0.5, 0.6) is 5.75 Å². The molecule has 1 N–H and O–H groups in total. The molecule has 0 spiro atoms. The molecule has 1 aliphatic rings. The smallest absolute Gasteiger partial charge is 0.240 e. The minimum absolute atomic E-state index is 0.0945. The van der Waals surface area contributed by atoms with Crippen LogP contribution in [0.15, 0.2) is 36.7 Å². The van der Waals surface area contributed by atoms with Gasteiger partial charge in [0.05, 0.1) is 24.8 Å². The second-order valence-electron chi connectivity index (χ2n) is 8.09. The average Bonchev–Trinajstić information content (AvgIpc) is 3.29. The van der Waals surface area contributed by atoms with Crippen molar-refractivity contribution in [3.8, 4) is 17.1 Å². The van der Waals surface area contributed by atoms with Crippen LogP contribution in [0.2, 0.25) is 5.02 Å². The van der Waals surface area contributed by atoms with Gasteiger partial charge < -0.3 is 14.2 Å². The quantitative estimate of drug-likeness (QED) is 0.449. The predicted octanol–water partition coefficient (Wildman–Crippen LogP) is 3.27. The van der Waals surface area contributed by atoms with Crippen molar-refractivity contribution in [1.82, 2.24) is 24.7 Å². The molecule has 188 valence electrons. The van der Waals surface area contributed by atoms with Gasteiger partial charge in [0, 0.05) is 31.7 Å². The fourth-order valence-electron chi connectivity index (χ4n) is 3.95.